The van der Waals surface area contributed by atoms with Gasteiger partial charge in [0.05, 0.1) is 12.2 Å². The van der Waals surface area contributed by atoms with Crippen molar-refractivity contribution in [3.63, 3.8) is 0 Å². The molecule has 0 aliphatic rings. The van der Waals surface area contributed by atoms with E-state index in [0.29, 0.717) is 0 Å². The fourth-order valence-electron chi connectivity index (χ4n) is 1.88. The molecular formula is C15H19F2NO4. The summed E-state index contributed by atoms with van der Waals surface area (Å²) >= 11 is 0. The Bertz CT molecular complexity index is 546. The SMILES string of the molecule is CCOc1ccccc1C(F)(F)C(=O)NC(C(=O)O)C(C)C. The average Bonchev–Trinajstić information content (AvgIpc) is 2.44. The molecule has 0 spiro atoms. The summed E-state index contributed by atoms with van der Waals surface area (Å²) < 4.78 is 33.8. The van der Waals surface area contributed by atoms with Crippen LogP contribution < -0.4 is 10.1 Å². The molecule has 0 aliphatic heterocycles. The molecule has 1 rings (SSSR count). The maximum Gasteiger partial charge on any atom is 0.353 e. The lowest BCUT2D eigenvalue weighted by atomic mass is 10.0. The smallest absolute Gasteiger partial charge is 0.353 e. The second kappa shape index (κ2) is 7.20. The molecule has 0 radical (unpaired) electrons. The van der Waals surface area contributed by atoms with Gasteiger partial charge in [0.25, 0.3) is 5.91 Å². The molecule has 1 aromatic rings. The summed E-state index contributed by atoms with van der Waals surface area (Å²) in [5, 5.41) is 10.9. The first-order valence-corrected chi connectivity index (χ1v) is 6.85. The van der Waals surface area contributed by atoms with Crippen LogP contribution in [0.15, 0.2) is 24.3 Å². The number of hydrogen-bond acceptors (Lipinski definition) is 3. The summed E-state index contributed by atoms with van der Waals surface area (Å²) in [4.78, 5) is 22.9. The Morgan fingerprint density at radius 3 is 2.41 bits per heavy atom. The molecule has 0 aromatic heterocycles. The number of hydrogen-bond donors (Lipinski definition) is 2. The number of carbonyl (C=O) groups is 2. The van der Waals surface area contributed by atoms with Gasteiger partial charge in [0.15, 0.2) is 0 Å². The second-order valence-corrected chi connectivity index (χ2v) is 5.04. The van der Waals surface area contributed by atoms with Crippen molar-refractivity contribution in [2.24, 2.45) is 5.92 Å². The summed E-state index contributed by atoms with van der Waals surface area (Å²) in [6.07, 6.45) is 0. The lowest BCUT2D eigenvalue weighted by Crippen LogP contribution is -2.49. The number of rotatable bonds is 7. The Morgan fingerprint density at radius 2 is 1.91 bits per heavy atom. The van der Waals surface area contributed by atoms with Crippen LogP contribution in [0.1, 0.15) is 26.3 Å². The van der Waals surface area contributed by atoms with Crippen molar-refractivity contribution in [2.45, 2.75) is 32.7 Å². The Balaban J connectivity index is 3.07. The van der Waals surface area contributed by atoms with Crippen LogP contribution in [-0.2, 0) is 15.5 Å². The average molecular weight is 315 g/mol. The zero-order valence-electron chi connectivity index (χ0n) is 12.6. The number of carboxylic acids is 1. The summed E-state index contributed by atoms with van der Waals surface area (Å²) in [5.74, 6) is -7.56. The molecule has 0 heterocycles. The molecule has 0 saturated heterocycles. The Morgan fingerprint density at radius 1 is 1.32 bits per heavy atom. The molecule has 0 saturated carbocycles. The molecule has 0 bridgehead atoms. The summed E-state index contributed by atoms with van der Waals surface area (Å²) in [5.41, 5.74) is -0.595. The highest BCUT2D eigenvalue weighted by Gasteiger charge is 2.45. The van der Waals surface area contributed by atoms with Crippen LogP contribution in [0.25, 0.3) is 0 Å². The summed E-state index contributed by atoms with van der Waals surface area (Å²) in [6.45, 7) is 4.84. The fourth-order valence-corrected chi connectivity index (χ4v) is 1.88. The number of carbonyl (C=O) groups excluding carboxylic acids is 1. The van der Waals surface area contributed by atoms with Crippen molar-refractivity contribution < 1.29 is 28.2 Å². The molecule has 7 heteroatoms. The highest BCUT2D eigenvalue weighted by atomic mass is 19.3. The highest BCUT2D eigenvalue weighted by Crippen LogP contribution is 2.35. The van der Waals surface area contributed by atoms with Gasteiger partial charge in [-0.05, 0) is 25.0 Å². The quantitative estimate of drug-likeness (QED) is 0.810. The van der Waals surface area contributed by atoms with Crippen LogP contribution in [0.3, 0.4) is 0 Å². The number of nitrogens with one attached hydrogen (secondary N) is 1. The van der Waals surface area contributed by atoms with Gasteiger partial charge in [-0.3, -0.25) is 4.79 Å². The van der Waals surface area contributed by atoms with E-state index < -0.39 is 35.3 Å². The Kier molecular flexibility index (Phi) is 5.84. The normalized spacial score (nSPS) is 12.8. The predicted octanol–water partition coefficient (Wildman–Crippen LogP) is 2.40. The van der Waals surface area contributed by atoms with Crippen LogP contribution in [0.4, 0.5) is 8.78 Å². The maximum absolute atomic E-state index is 14.3. The number of carboxylic acid groups (broad SMARTS) is 1. The van der Waals surface area contributed by atoms with Gasteiger partial charge in [0, 0.05) is 0 Å². The zero-order chi connectivity index (χ0) is 16.9. The van der Waals surface area contributed by atoms with E-state index in [2.05, 4.69) is 0 Å². The van der Waals surface area contributed by atoms with Gasteiger partial charge >= 0.3 is 11.9 Å². The van der Waals surface area contributed by atoms with Crippen LogP contribution >= 0.6 is 0 Å². The number of amides is 1. The van der Waals surface area contributed by atoms with Crippen molar-refractivity contribution in [1.29, 1.82) is 0 Å². The van der Waals surface area contributed by atoms with Crippen molar-refractivity contribution >= 4 is 11.9 Å². The number of para-hydroxylation sites is 1. The van der Waals surface area contributed by atoms with Crippen molar-refractivity contribution in [2.75, 3.05) is 6.61 Å². The number of benzene rings is 1. The standard InChI is InChI=1S/C15H19F2NO4/c1-4-22-11-8-6-5-7-10(11)15(16,17)14(21)18-12(9(2)3)13(19)20/h5-9,12H,4H2,1-3H3,(H,18,21)(H,19,20). The topological polar surface area (TPSA) is 75.6 Å². The third-order valence-corrected chi connectivity index (χ3v) is 3.03. The molecule has 2 N–H and O–H groups in total. The van der Waals surface area contributed by atoms with E-state index in [4.69, 9.17) is 9.84 Å². The number of ether oxygens (including phenoxy) is 1. The van der Waals surface area contributed by atoms with Crippen molar-refractivity contribution in [3.05, 3.63) is 29.8 Å². The molecule has 1 aromatic carbocycles. The minimum absolute atomic E-state index is 0.110. The summed E-state index contributed by atoms with van der Waals surface area (Å²) in [7, 11) is 0. The van der Waals surface area contributed by atoms with Crippen molar-refractivity contribution in [3.8, 4) is 5.75 Å². The molecule has 22 heavy (non-hydrogen) atoms. The van der Waals surface area contributed by atoms with E-state index in [-0.39, 0.29) is 12.4 Å². The van der Waals surface area contributed by atoms with Gasteiger partial charge in [-0.25, -0.2) is 4.79 Å². The first kappa shape index (κ1) is 17.9. The van der Waals surface area contributed by atoms with E-state index in [1.165, 1.54) is 32.0 Å². The summed E-state index contributed by atoms with van der Waals surface area (Å²) in [6, 6.07) is 3.89. The van der Waals surface area contributed by atoms with Crippen LogP contribution in [0.5, 0.6) is 5.75 Å². The van der Waals surface area contributed by atoms with E-state index in [1.54, 1.807) is 6.92 Å². The first-order valence-electron chi connectivity index (χ1n) is 6.85. The molecule has 1 unspecified atom stereocenters. The lowest BCUT2D eigenvalue weighted by molar-refractivity contribution is -0.153. The number of halogens is 2. The molecule has 0 aliphatic carbocycles. The number of alkyl halides is 2. The minimum atomic E-state index is -3.89. The monoisotopic (exact) mass is 315 g/mol. The second-order valence-electron chi connectivity index (χ2n) is 5.04. The van der Waals surface area contributed by atoms with Crippen LogP contribution in [0, 0.1) is 5.92 Å². The highest BCUT2D eigenvalue weighted by molar-refractivity contribution is 5.89. The molecule has 5 nitrogen and oxygen atoms in total. The Hall–Kier alpha value is -2.18. The lowest BCUT2D eigenvalue weighted by Gasteiger charge is -2.23. The Labute approximate surface area is 127 Å². The third-order valence-electron chi connectivity index (χ3n) is 3.03. The van der Waals surface area contributed by atoms with Gasteiger partial charge in [-0.15, -0.1) is 0 Å². The number of aliphatic carboxylic acids is 1. The third kappa shape index (κ3) is 3.93. The molecule has 1 atom stereocenters. The van der Waals surface area contributed by atoms with E-state index in [1.807, 2.05) is 5.32 Å². The maximum atomic E-state index is 14.3. The van der Waals surface area contributed by atoms with Gasteiger partial charge in [-0.2, -0.15) is 8.78 Å². The largest absolute Gasteiger partial charge is 0.493 e. The van der Waals surface area contributed by atoms with E-state index in [9.17, 15) is 18.4 Å². The first-order chi connectivity index (χ1) is 10.2. The molecular weight excluding hydrogens is 296 g/mol. The van der Waals surface area contributed by atoms with Crippen molar-refractivity contribution in [1.82, 2.24) is 5.32 Å². The zero-order valence-corrected chi connectivity index (χ0v) is 12.6. The fraction of sp³-hybridized carbons (Fsp3) is 0.467. The molecule has 1 amide bonds. The van der Waals surface area contributed by atoms with Crippen LogP contribution in [0.2, 0.25) is 0 Å². The van der Waals surface area contributed by atoms with Gasteiger partial charge < -0.3 is 15.2 Å². The van der Waals surface area contributed by atoms with Gasteiger partial charge in [0.1, 0.15) is 11.8 Å². The minimum Gasteiger partial charge on any atom is -0.493 e. The van der Waals surface area contributed by atoms with Gasteiger partial charge in [-0.1, -0.05) is 26.0 Å². The van der Waals surface area contributed by atoms with E-state index in [0.717, 1.165) is 6.07 Å². The molecule has 122 valence electrons. The molecule has 0 fully saturated rings. The van der Waals surface area contributed by atoms with Crippen LogP contribution in [-0.4, -0.2) is 29.6 Å². The van der Waals surface area contributed by atoms with E-state index >= 15 is 0 Å². The van der Waals surface area contributed by atoms with Gasteiger partial charge in [0.2, 0.25) is 0 Å². The predicted molar refractivity (Wildman–Crippen MR) is 75.9 cm³/mol.